The first-order valence-corrected chi connectivity index (χ1v) is 6.46. The molecule has 96 valence electrons. The second kappa shape index (κ2) is 5.35. The molecule has 6 nitrogen and oxygen atoms in total. The quantitative estimate of drug-likeness (QED) is 0.478. The normalized spacial score (nSPS) is 11.2. The van der Waals surface area contributed by atoms with Gasteiger partial charge in [-0.3, -0.25) is 10.1 Å². The standard InChI is InChI=1S/C10H9ClN2O4S/c1-3-6-12(2)18(16,17)10-5-4-8(11)7-9(10)13(14)15/h1,4-5,7H,6H2,2H3. The van der Waals surface area contributed by atoms with Crippen LogP contribution in [-0.4, -0.2) is 31.2 Å². The van der Waals surface area contributed by atoms with Gasteiger partial charge in [0.05, 0.1) is 11.5 Å². The van der Waals surface area contributed by atoms with Gasteiger partial charge in [-0.2, -0.15) is 4.31 Å². The SMILES string of the molecule is C#CCN(C)S(=O)(=O)c1ccc(Cl)cc1[N+](=O)[O-]. The zero-order chi connectivity index (χ0) is 13.9. The summed E-state index contributed by atoms with van der Waals surface area (Å²) < 4.78 is 24.9. The van der Waals surface area contributed by atoms with Gasteiger partial charge in [0.2, 0.25) is 0 Å². The van der Waals surface area contributed by atoms with Gasteiger partial charge in [-0.15, -0.1) is 6.42 Å². The Morgan fingerprint density at radius 2 is 2.17 bits per heavy atom. The van der Waals surface area contributed by atoms with Crippen molar-refractivity contribution in [2.24, 2.45) is 0 Å². The molecule has 0 amide bonds. The van der Waals surface area contributed by atoms with E-state index in [4.69, 9.17) is 18.0 Å². The van der Waals surface area contributed by atoms with E-state index in [9.17, 15) is 18.5 Å². The number of hydrogen-bond acceptors (Lipinski definition) is 4. The van der Waals surface area contributed by atoms with Gasteiger partial charge in [-0.25, -0.2) is 8.42 Å². The van der Waals surface area contributed by atoms with Crippen LogP contribution in [0.1, 0.15) is 0 Å². The lowest BCUT2D eigenvalue weighted by atomic mass is 10.3. The molecule has 0 spiro atoms. The summed E-state index contributed by atoms with van der Waals surface area (Å²) in [5, 5.41) is 10.9. The van der Waals surface area contributed by atoms with Crippen LogP contribution in [0.15, 0.2) is 23.1 Å². The molecule has 0 aliphatic heterocycles. The fourth-order valence-electron chi connectivity index (χ4n) is 1.23. The van der Waals surface area contributed by atoms with Crippen LogP contribution < -0.4 is 0 Å². The predicted molar refractivity (Wildman–Crippen MR) is 66.8 cm³/mol. The molecule has 8 heteroatoms. The predicted octanol–water partition coefficient (Wildman–Crippen LogP) is 1.50. The Bertz CT molecular complexity index is 621. The lowest BCUT2D eigenvalue weighted by Crippen LogP contribution is -2.27. The third-order valence-corrected chi connectivity index (χ3v) is 4.21. The Morgan fingerprint density at radius 3 is 2.67 bits per heavy atom. The molecule has 0 atom stereocenters. The van der Waals surface area contributed by atoms with Crippen molar-refractivity contribution in [1.82, 2.24) is 4.31 Å². The molecule has 1 aromatic carbocycles. The molecule has 1 aromatic rings. The van der Waals surface area contributed by atoms with Crippen molar-refractivity contribution in [3.05, 3.63) is 33.3 Å². The number of hydrogen-bond donors (Lipinski definition) is 0. The fraction of sp³-hybridized carbons (Fsp3) is 0.200. The molecule has 0 unspecified atom stereocenters. The summed E-state index contributed by atoms with van der Waals surface area (Å²) in [6.45, 7) is -0.178. The van der Waals surface area contributed by atoms with Gasteiger partial charge in [0.15, 0.2) is 4.90 Å². The van der Waals surface area contributed by atoms with Gasteiger partial charge in [0, 0.05) is 18.1 Å². The number of nitrogens with zero attached hydrogens (tertiary/aromatic N) is 2. The van der Waals surface area contributed by atoms with E-state index in [1.165, 1.54) is 13.1 Å². The zero-order valence-corrected chi connectivity index (χ0v) is 10.9. The third-order valence-electron chi connectivity index (χ3n) is 2.12. The van der Waals surface area contributed by atoms with Crippen LogP contribution >= 0.6 is 11.6 Å². The Balaban J connectivity index is 3.42. The van der Waals surface area contributed by atoms with Gasteiger partial charge >= 0.3 is 0 Å². The van der Waals surface area contributed by atoms with Gasteiger partial charge in [0.1, 0.15) is 0 Å². The van der Waals surface area contributed by atoms with E-state index in [1.54, 1.807) is 0 Å². The second-order valence-corrected chi connectivity index (χ2v) is 5.78. The highest BCUT2D eigenvalue weighted by atomic mass is 35.5. The maximum Gasteiger partial charge on any atom is 0.290 e. The van der Waals surface area contributed by atoms with Crippen molar-refractivity contribution in [3.63, 3.8) is 0 Å². The highest BCUT2D eigenvalue weighted by Gasteiger charge is 2.29. The smallest absolute Gasteiger partial charge is 0.258 e. The molecule has 1 rings (SSSR count). The first kappa shape index (κ1) is 14.4. The van der Waals surface area contributed by atoms with Crippen molar-refractivity contribution in [2.75, 3.05) is 13.6 Å². The number of rotatable bonds is 4. The summed E-state index contributed by atoms with van der Waals surface area (Å²) in [4.78, 5) is 9.59. The molecule has 0 saturated heterocycles. The number of benzene rings is 1. The topological polar surface area (TPSA) is 80.5 Å². The number of halogens is 1. The maximum atomic E-state index is 12.0. The van der Waals surface area contributed by atoms with Crippen molar-refractivity contribution in [1.29, 1.82) is 0 Å². The van der Waals surface area contributed by atoms with Crippen molar-refractivity contribution in [3.8, 4) is 12.3 Å². The van der Waals surface area contributed by atoms with Crippen LogP contribution in [0.3, 0.4) is 0 Å². The van der Waals surface area contributed by atoms with Crippen molar-refractivity contribution in [2.45, 2.75) is 4.90 Å². The van der Waals surface area contributed by atoms with Crippen LogP contribution in [0, 0.1) is 22.5 Å². The lowest BCUT2D eigenvalue weighted by Gasteiger charge is -2.14. The van der Waals surface area contributed by atoms with E-state index in [-0.39, 0.29) is 11.6 Å². The van der Waals surface area contributed by atoms with E-state index >= 15 is 0 Å². The summed E-state index contributed by atoms with van der Waals surface area (Å²) in [5.74, 6) is 2.15. The number of nitro benzene ring substituents is 1. The lowest BCUT2D eigenvalue weighted by molar-refractivity contribution is -0.387. The first-order valence-electron chi connectivity index (χ1n) is 4.64. The number of sulfonamides is 1. The Hall–Kier alpha value is -1.62. The van der Waals surface area contributed by atoms with Crippen LogP contribution in [0.4, 0.5) is 5.69 Å². The maximum absolute atomic E-state index is 12.0. The first-order chi connectivity index (χ1) is 8.30. The second-order valence-electron chi connectivity index (χ2n) is 3.33. The fourth-order valence-corrected chi connectivity index (χ4v) is 2.62. The van der Waals surface area contributed by atoms with E-state index in [2.05, 4.69) is 5.92 Å². The molecule has 0 aromatic heterocycles. The average molecular weight is 289 g/mol. The summed E-state index contributed by atoms with van der Waals surface area (Å²) in [5.41, 5.74) is -0.577. The van der Waals surface area contributed by atoms with Gasteiger partial charge < -0.3 is 0 Å². The molecule has 0 heterocycles. The van der Waals surface area contributed by atoms with E-state index in [0.29, 0.717) is 0 Å². The Labute approximate surface area is 109 Å². The third kappa shape index (κ3) is 2.79. The zero-order valence-electron chi connectivity index (χ0n) is 9.33. The summed E-state index contributed by atoms with van der Waals surface area (Å²) in [6.07, 6.45) is 5.02. The molecule has 0 radical (unpaired) electrons. The minimum atomic E-state index is -4.00. The minimum Gasteiger partial charge on any atom is -0.258 e. The molecule has 0 aliphatic rings. The van der Waals surface area contributed by atoms with E-state index in [0.717, 1.165) is 16.4 Å². The molecule has 18 heavy (non-hydrogen) atoms. The summed E-state index contributed by atoms with van der Waals surface area (Å²) in [7, 11) is -2.76. The van der Waals surface area contributed by atoms with Crippen LogP contribution in [-0.2, 0) is 10.0 Å². The highest BCUT2D eigenvalue weighted by molar-refractivity contribution is 7.89. The average Bonchev–Trinajstić information content (AvgIpc) is 2.28. The largest absolute Gasteiger partial charge is 0.290 e. The highest BCUT2D eigenvalue weighted by Crippen LogP contribution is 2.28. The Kier molecular flexibility index (Phi) is 4.29. The van der Waals surface area contributed by atoms with Gasteiger partial charge in [0.25, 0.3) is 15.7 Å². The molecule has 0 N–H and O–H groups in total. The van der Waals surface area contributed by atoms with E-state index < -0.39 is 25.5 Å². The van der Waals surface area contributed by atoms with E-state index in [1.807, 2.05) is 0 Å². The minimum absolute atomic E-state index is 0.0836. The molecule has 0 bridgehead atoms. The molecule has 0 saturated carbocycles. The number of terminal acetylenes is 1. The van der Waals surface area contributed by atoms with Gasteiger partial charge in [-0.05, 0) is 12.1 Å². The van der Waals surface area contributed by atoms with Crippen LogP contribution in [0.2, 0.25) is 5.02 Å². The Morgan fingerprint density at radius 1 is 1.56 bits per heavy atom. The summed E-state index contributed by atoms with van der Waals surface area (Å²) >= 11 is 5.61. The molecule has 0 fully saturated rings. The van der Waals surface area contributed by atoms with Crippen molar-refractivity contribution < 1.29 is 13.3 Å². The van der Waals surface area contributed by atoms with Crippen LogP contribution in [0.25, 0.3) is 0 Å². The molecular weight excluding hydrogens is 280 g/mol. The van der Waals surface area contributed by atoms with Crippen molar-refractivity contribution >= 4 is 27.3 Å². The molecular formula is C10H9ClN2O4S. The monoisotopic (exact) mass is 288 g/mol. The van der Waals surface area contributed by atoms with Gasteiger partial charge in [-0.1, -0.05) is 17.5 Å². The molecule has 0 aliphatic carbocycles. The number of nitro groups is 1. The van der Waals surface area contributed by atoms with Crippen LogP contribution in [0.5, 0.6) is 0 Å². The summed E-state index contributed by atoms with van der Waals surface area (Å²) in [6, 6.07) is 3.34.